The molecule has 6 heteroatoms. The van der Waals surface area contributed by atoms with E-state index in [-0.39, 0.29) is 11.8 Å². The monoisotopic (exact) mass is 287 g/mol. The third kappa shape index (κ3) is 2.90. The smallest absolute Gasteiger partial charge is 0.354 e. The summed E-state index contributed by atoms with van der Waals surface area (Å²) in [7, 11) is 1.95. The highest BCUT2D eigenvalue weighted by Crippen LogP contribution is 2.28. The van der Waals surface area contributed by atoms with Crippen molar-refractivity contribution in [1.82, 2.24) is 15.1 Å². The van der Waals surface area contributed by atoms with Gasteiger partial charge < -0.3 is 9.84 Å². The van der Waals surface area contributed by atoms with Crippen LogP contribution in [-0.4, -0.2) is 45.9 Å². The molecule has 0 bridgehead atoms. The van der Waals surface area contributed by atoms with E-state index in [1.807, 2.05) is 30.1 Å². The summed E-state index contributed by atoms with van der Waals surface area (Å²) in [5.41, 5.74) is 2.06. The van der Waals surface area contributed by atoms with Gasteiger partial charge in [0.1, 0.15) is 17.5 Å². The Morgan fingerprint density at radius 2 is 2.33 bits per heavy atom. The highest BCUT2D eigenvalue weighted by Gasteiger charge is 2.24. The number of likely N-dealkylation sites (N-methyl/N-ethyl adjacent to an activating group) is 1. The summed E-state index contributed by atoms with van der Waals surface area (Å²) in [6.45, 7) is 1.26. The number of H-pyrrole nitrogens is 1. The minimum Gasteiger partial charge on any atom is -0.488 e. The van der Waals surface area contributed by atoms with E-state index in [1.54, 1.807) is 6.20 Å². The number of para-hydroxylation sites is 1. The van der Waals surface area contributed by atoms with Crippen molar-refractivity contribution in [3.8, 4) is 5.75 Å². The Bertz CT molecular complexity index is 628. The number of ether oxygens (including phenoxy) is 1. The Hall–Kier alpha value is -2.34. The Morgan fingerprint density at radius 1 is 1.52 bits per heavy atom. The van der Waals surface area contributed by atoms with Gasteiger partial charge in [0.15, 0.2) is 0 Å². The number of carboxylic acid groups (broad SMARTS) is 1. The molecule has 0 saturated carbocycles. The molecule has 21 heavy (non-hydrogen) atoms. The van der Waals surface area contributed by atoms with Gasteiger partial charge in [-0.15, -0.1) is 0 Å². The van der Waals surface area contributed by atoms with Crippen molar-refractivity contribution in [2.75, 3.05) is 13.6 Å². The molecule has 1 aromatic heterocycles. The molecule has 0 unspecified atom stereocenters. The van der Waals surface area contributed by atoms with Crippen LogP contribution < -0.4 is 4.74 Å². The van der Waals surface area contributed by atoms with Crippen molar-refractivity contribution < 1.29 is 14.6 Å². The molecule has 1 aliphatic heterocycles. The maximum Gasteiger partial charge on any atom is 0.354 e. The second kappa shape index (κ2) is 5.57. The second-order valence-electron chi connectivity index (χ2n) is 5.32. The van der Waals surface area contributed by atoms with Gasteiger partial charge in [0.05, 0.1) is 6.20 Å². The first-order chi connectivity index (χ1) is 10.1. The fourth-order valence-electron chi connectivity index (χ4n) is 2.67. The van der Waals surface area contributed by atoms with Crippen LogP contribution >= 0.6 is 0 Å². The number of benzene rings is 1. The van der Waals surface area contributed by atoms with E-state index in [1.165, 1.54) is 5.56 Å². The topological polar surface area (TPSA) is 78.5 Å². The van der Waals surface area contributed by atoms with Gasteiger partial charge >= 0.3 is 5.97 Å². The van der Waals surface area contributed by atoms with E-state index < -0.39 is 5.97 Å². The predicted molar refractivity (Wildman–Crippen MR) is 76.4 cm³/mol. The zero-order chi connectivity index (χ0) is 14.8. The maximum absolute atomic E-state index is 11.0. The van der Waals surface area contributed by atoms with Crippen LogP contribution in [0.25, 0.3) is 0 Å². The van der Waals surface area contributed by atoms with Gasteiger partial charge in [-0.3, -0.25) is 10.00 Å². The lowest BCUT2D eigenvalue weighted by Gasteiger charge is -2.20. The highest BCUT2D eigenvalue weighted by atomic mass is 16.5. The summed E-state index contributed by atoms with van der Waals surface area (Å²) in [6.07, 6.45) is 2.55. The quantitative estimate of drug-likeness (QED) is 0.872. The number of rotatable bonds is 5. The average molecular weight is 287 g/mol. The number of carbonyl (C=O) groups is 1. The Balaban J connectivity index is 1.59. The van der Waals surface area contributed by atoms with E-state index in [2.05, 4.69) is 16.3 Å². The molecule has 2 N–H and O–H groups in total. The number of carboxylic acids is 1. The Labute approximate surface area is 122 Å². The number of hydrogen-bond donors (Lipinski definition) is 2. The number of aromatic amines is 1. The Kier molecular flexibility index (Phi) is 3.62. The van der Waals surface area contributed by atoms with Gasteiger partial charge in [-0.2, -0.15) is 5.10 Å². The molecule has 3 rings (SSSR count). The van der Waals surface area contributed by atoms with Gasteiger partial charge in [0.25, 0.3) is 0 Å². The fraction of sp³-hybridized carbons (Fsp3) is 0.333. The van der Waals surface area contributed by atoms with Gasteiger partial charge in [-0.05, 0) is 18.7 Å². The molecule has 0 saturated heterocycles. The lowest BCUT2D eigenvalue weighted by molar-refractivity contribution is 0.0688. The first-order valence-electron chi connectivity index (χ1n) is 6.82. The largest absolute Gasteiger partial charge is 0.488 e. The van der Waals surface area contributed by atoms with Gasteiger partial charge in [-0.1, -0.05) is 18.2 Å². The summed E-state index contributed by atoms with van der Waals surface area (Å²) in [5, 5.41) is 15.4. The standard InChI is InChI=1S/C15H17N3O3/c1-18(8-11-7-16-17-14(11)15(19)20)9-12-6-10-4-2-3-5-13(10)21-12/h2-5,7,12H,6,8-9H2,1H3,(H,16,17)(H,19,20)/t12-/m0/s1. The van der Waals surface area contributed by atoms with Gasteiger partial charge in [-0.25, -0.2) is 4.79 Å². The normalized spacial score (nSPS) is 16.8. The lowest BCUT2D eigenvalue weighted by Crippen LogP contribution is -2.31. The van der Waals surface area contributed by atoms with E-state index >= 15 is 0 Å². The molecule has 2 heterocycles. The third-order valence-electron chi connectivity index (χ3n) is 3.60. The highest BCUT2D eigenvalue weighted by molar-refractivity contribution is 5.86. The first kappa shape index (κ1) is 13.6. The van der Waals surface area contributed by atoms with E-state index in [0.717, 1.165) is 18.7 Å². The SMILES string of the molecule is CN(Cc1cn[nH]c1C(=O)O)C[C@@H]1Cc2ccccc2O1. The third-order valence-corrected chi connectivity index (χ3v) is 3.60. The van der Waals surface area contributed by atoms with E-state index in [4.69, 9.17) is 9.84 Å². The summed E-state index contributed by atoms with van der Waals surface area (Å²) in [5.74, 6) is -0.0362. The molecule has 1 aromatic carbocycles. The molecule has 6 nitrogen and oxygen atoms in total. The number of nitrogens with one attached hydrogen (secondary N) is 1. The van der Waals surface area contributed by atoms with Crippen molar-refractivity contribution in [3.05, 3.63) is 47.3 Å². The van der Waals surface area contributed by atoms with Gasteiger partial charge in [0, 0.05) is 25.1 Å². The molecule has 0 aliphatic carbocycles. The van der Waals surface area contributed by atoms with Crippen molar-refractivity contribution in [1.29, 1.82) is 0 Å². The molecule has 1 aliphatic rings. The zero-order valence-corrected chi connectivity index (χ0v) is 11.7. The van der Waals surface area contributed by atoms with Crippen molar-refractivity contribution >= 4 is 5.97 Å². The average Bonchev–Trinajstić information content (AvgIpc) is 3.03. The van der Waals surface area contributed by atoms with E-state index in [0.29, 0.717) is 12.1 Å². The molecule has 0 amide bonds. The number of nitrogens with zero attached hydrogens (tertiary/aromatic N) is 2. The maximum atomic E-state index is 11.0. The lowest BCUT2D eigenvalue weighted by atomic mass is 10.1. The number of aromatic nitrogens is 2. The van der Waals surface area contributed by atoms with Crippen molar-refractivity contribution in [2.24, 2.45) is 0 Å². The predicted octanol–water partition coefficient (Wildman–Crippen LogP) is 1.54. The molecule has 0 radical (unpaired) electrons. The first-order valence-corrected chi connectivity index (χ1v) is 6.82. The molecular weight excluding hydrogens is 270 g/mol. The molecule has 0 spiro atoms. The van der Waals surface area contributed by atoms with Gasteiger partial charge in [0.2, 0.25) is 0 Å². The molecular formula is C15H17N3O3. The minimum absolute atomic E-state index is 0.104. The fourth-order valence-corrected chi connectivity index (χ4v) is 2.67. The van der Waals surface area contributed by atoms with Crippen LogP contribution in [0.5, 0.6) is 5.75 Å². The summed E-state index contributed by atoms with van der Waals surface area (Å²) in [4.78, 5) is 13.1. The van der Waals surface area contributed by atoms with Crippen LogP contribution in [0.15, 0.2) is 30.5 Å². The molecule has 0 fully saturated rings. The van der Waals surface area contributed by atoms with Crippen LogP contribution in [-0.2, 0) is 13.0 Å². The van der Waals surface area contributed by atoms with Crippen LogP contribution in [0.2, 0.25) is 0 Å². The van der Waals surface area contributed by atoms with E-state index in [9.17, 15) is 4.79 Å². The summed E-state index contributed by atoms with van der Waals surface area (Å²) >= 11 is 0. The summed E-state index contributed by atoms with van der Waals surface area (Å²) < 4.78 is 5.89. The zero-order valence-electron chi connectivity index (χ0n) is 11.7. The number of fused-ring (bicyclic) bond motifs is 1. The van der Waals surface area contributed by atoms with Crippen LogP contribution in [0.3, 0.4) is 0 Å². The number of aromatic carboxylic acids is 1. The Morgan fingerprint density at radius 3 is 3.10 bits per heavy atom. The van der Waals surface area contributed by atoms with Crippen LogP contribution in [0.4, 0.5) is 0 Å². The molecule has 1 atom stereocenters. The number of hydrogen-bond acceptors (Lipinski definition) is 4. The van der Waals surface area contributed by atoms with Crippen molar-refractivity contribution in [2.45, 2.75) is 19.1 Å². The van der Waals surface area contributed by atoms with Crippen molar-refractivity contribution in [3.63, 3.8) is 0 Å². The minimum atomic E-state index is -0.986. The van der Waals surface area contributed by atoms with Crippen LogP contribution in [0, 0.1) is 0 Å². The molecule has 110 valence electrons. The second-order valence-corrected chi connectivity index (χ2v) is 5.32. The molecule has 2 aromatic rings. The van der Waals surface area contributed by atoms with Crippen LogP contribution in [0.1, 0.15) is 21.6 Å². The summed E-state index contributed by atoms with van der Waals surface area (Å²) in [6, 6.07) is 8.04.